The van der Waals surface area contributed by atoms with Crippen molar-refractivity contribution in [2.75, 3.05) is 11.1 Å². The Kier molecular flexibility index (Phi) is 3.86. The van der Waals surface area contributed by atoms with E-state index in [0.717, 1.165) is 14.8 Å². The first-order chi connectivity index (χ1) is 8.58. The number of carbonyl (C=O) groups is 1. The van der Waals surface area contributed by atoms with Crippen molar-refractivity contribution in [2.45, 2.75) is 6.92 Å². The van der Waals surface area contributed by atoms with Crippen LogP contribution in [-0.4, -0.2) is 5.91 Å². The number of benzene rings is 2. The van der Waals surface area contributed by atoms with Gasteiger partial charge in [-0.05, 0) is 65.4 Å². The van der Waals surface area contributed by atoms with Crippen LogP contribution in [0.25, 0.3) is 0 Å². The van der Waals surface area contributed by atoms with Gasteiger partial charge in [-0.2, -0.15) is 0 Å². The van der Waals surface area contributed by atoms with Crippen molar-refractivity contribution in [3.8, 4) is 0 Å². The fraction of sp³-hybridized carbons (Fsp3) is 0.0714. The van der Waals surface area contributed by atoms with Crippen LogP contribution in [0, 0.1) is 10.5 Å². The molecule has 0 atom stereocenters. The number of nitrogens with two attached hydrogens (primary N) is 1. The van der Waals surface area contributed by atoms with Gasteiger partial charge in [0, 0.05) is 14.9 Å². The van der Waals surface area contributed by atoms with Crippen molar-refractivity contribution in [3.63, 3.8) is 0 Å². The maximum absolute atomic E-state index is 12.1. The third-order valence-corrected chi connectivity index (χ3v) is 3.31. The molecular formula is C14H13IN2O. The second-order valence-corrected chi connectivity index (χ2v) is 5.25. The van der Waals surface area contributed by atoms with Crippen LogP contribution in [0.4, 0.5) is 11.4 Å². The molecule has 18 heavy (non-hydrogen) atoms. The smallest absolute Gasteiger partial charge is 0.257 e. The minimum atomic E-state index is -0.183. The van der Waals surface area contributed by atoms with Crippen molar-refractivity contribution in [1.29, 1.82) is 0 Å². The van der Waals surface area contributed by atoms with E-state index in [9.17, 15) is 4.79 Å². The van der Waals surface area contributed by atoms with Gasteiger partial charge in [-0.3, -0.25) is 4.79 Å². The maximum Gasteiger partial charge on any atom is 0.257 e. The highest BCUT2D eigenvalue weighted by Crippen LogP contribution is 2.19. The fourth-order valence-corrected chi connectivity index (χ4v) is 2.31. The Morgan fingerprint density at radius 2 is 1.94 bits per heavy atom. The van der Waals surface area contributed by atoms with E-state index in [1.807, 2.05) is 31.2 Å². The topological polar surface area (TPSA) is 55.1 Å². The number of nitrogens with one attached hydrogen (secondary N) is 1. The lowest BCUT2D eigenvalue weighted by molar-refractivity contribution is 0.102. The average molecular weight is 352 g/mol. The summed E-state index contributed by atoms with van der Waals surface area (Å²) in [6.45, 7) is 1.96. The van der Waals surface area contributed by atoms with Gasteiger partial charge >= 0.3 is 0 Å². The molecule has 0 fully saturated rings. The molecule has 0 spiro atoms. The van der Waals surface area contributed by atoms with Gasteiger partial charge in [0.1, 0.15) is 0 Å². The van der Waals surface area contributed by atoms with Crippen molar-refractivity contribution >= 4 is 39.9 Å². The fourth-order valence-electron chi connectivity index (χ4n) is 1.66. The number of aryl methyl sites for hydroxylation is 1. The number of nitrogen functional groups attached to an aromatic ring is 1. The number of rotatable bonds is 2. The van der Waals surface area contributed by atoms with Crippen molar-refractivity contribution < 1.29 is 4.79 Å². The molecule has 1 amide bonds. The Labute approximate surface area is 120 Å². The van der Waals surface area contributed by atoms with E-state index in [4.69, 9.17) is 5.73 Å². The quantitative estimate of drug-likeness (QED) is 0.643. The van der Waals surface area contributed by atoms with Crippen LogP contribution in [0.1, 0.15) is 15.9 Å². The Bertz CT molecular complexity index is 596. The molecule has 0 aliphatic rings. The van der Waals surface area contributed by atoms with Gasteiger partial charge < -0.3 is 11.1 Å². The van der Waals surface area contributed by atoms with Gasteiger partial charge in [0.25, 0.3) is 5.91 Å². The predicted molar refractivity (Wildman–Crippen MR) is 82.7 cm³/mol. The van der Waals surface area contributed by atoms with E-state index in [1.54, 1.807) is 18.2 Å². The molecule has 0 radical (unpaired) electrons. The molecule has 2 aromatic rings. The molecule has 0 unspecified atom stereocenters. The van der Waals surface area contributed by atoms with Crippen LogP contribution in [0.15, 0.2) is 42.5 Å². The standard InChI is InChI=1S/C14H13IN2O/c1-9-8-10(15)6-7-13(9)17-14(18)11-4-2-3-5-12(11)16/h2-8H,16H2,1H3,(H,17,18). The van der Waals surface area contributed by atoms with Gasteiger partial charge in [-0.25, -0.2) is 0 Å². The molecule has 3 nitrogen and oxygen atoms in total. The number of carbonyl (C=O) groups excluding carboxylic acids is 1. The molecule has 92 valence electrons. The van der Waals surface area contributed by atoms with Crippen LogP contribution < -0.4 is 11.1 Å². The highest BCUT2D eigenvalue weighted by Gasteiger charge is 2.10. The van der Waals surface area contributed by atoms with Gasteiger partial charge in [0.15, 0.2) is 0 Å². The lowest BCUT2D eigenvalue weighted by atomic mass is 10.1. The second kappa shape index (κ2) is 5.39. The SMILES string of the molecule is Cc1cc(I)ccc1NC(=O)c1ccccc1N. The summed E-state index contributed by atoms with van der Waals surface area (Å²) < 4.78 is 1.14. The first kappa shape index (κ1) is 12.9. The Balaban J connectivity index is 2.24. The molecule has 0 heterocycles. The van der Waals surface area contributed by atoms with E-state index in [0.29, 0.717) is 11.3 Å². The summed E-state index contributed by atoms with van der Waals surface area (Å²) in [5.74, 6) is -0.183. The molecule has 0 aliphatic heterocycles. The zero-order chi connectivity index (χ0) is 13.1. The first-order valence-electron chi connectivity index (χ1n) is 5.50. The molecular weight excluding hydrogens is 339 g/mol. The van der Waals surface area contributed by atoms with Gasteiger partial charge in [-0.1, -0.05) is 12.1 Å². The summed E-state index contributed by atoms with van der Waals surface area (Å²) in [5, 5.41) is 2.87. The lowest BCUT2D eigenvalue weighted by Crippen LogP contribution is -2.14. The molecule has 2 rings (SSSR count). The predicted octanol–water partition coefficient (Wildman–Crippen LogP) is 3.43. The Morgan fingerprint density at radius 1 is 1.22 bits per heavy atom. The normalized spacial score (nSPS) is 10.1. The highest BCUT2D eigenvalue weighted by atomic mass is 127. The number of hydrogen-bond donors (Lipinski definition) is 2. The largest absolute Gasteiger partial charge is 0.398 e. The number of anilines is 2. The number of hydrogen-bond acceptors (Lipinski definition) is 2. The molecule has 2 aromatic carbocycles. The molecule has 4 heteroatoms. The van der Waals surface area contributed by atoms with Gasteiger partial charge in [0.05, 0.1) is 5.56 Å². The molecule has 0 bridgehead atoms. The average Bonchev–Trinajstić information content (AvgIpc) is 2.33. The molecule has 3 N–H and O–H groups in total. The van der Waals surface area contributed by atoms with Crippen molar-refractivity contribution in [3.05, 3.63) is 57.2 Å². The summed E-state index contributed by atoms with van der Waals surface area (Å²) in [5.41, 5.74) is 8.60. The van der Waals surface area contributed by atoms with Crippen LogP contribution in [-0.2, 0) is 0 Å². The monoisotopic (exact) mass is 352 g/mol. The lowest BCUT2D eigenvalue weighted by Gasteiger charge is -2.10. The van der Waals surface area contributed by atoms with E-state index in [2.05, 4.69) is 27.9 Å². The minimum Gasteiger partial charge on any atom is -0.398 e. The summed E-state index contributed by atoms with van der Waals surface area (Å²) in [7, 11) is 0. The third kappa shape index (κ3) is 2.81. The second-order valence-electron chi connectivity index (χ2n) is 4.00. The number of amides is 1. The molecule has 0 saturated carbocycles. The number of para-hydroxylation sites is 1. The molecule has 0 aromatic heterocycles. The van der Waals surface area contributed by atoms with Crippen LogP contribution in [0.5, 0.6) is 0 Å². The van der Waals surface area contributed by atoms with Gasteiger partial charge in [-0.15, -0.1) is 0 Å². The highest BCUT2D eigenvalue weighted by molar-refractivity contribution is 14.1. The summed E-state index contributed by atoms with van der Waals surface area (Å²) >= 11 is 2.24. The van der Waals surface area contributed by atoms with Crippen LogP contribution in [0.3, 0.4) is 0 Å². The van der Waals surface area contributed by atoms with Crippen molar-refractivity contribution in [1.82, 2.24) is 0 Å². The molecule has 0 aliphatic carbocycles. The molecule has 0 saturated heterocycles. The third-order valence-electron chi connectivity index (χ3n) is 2.64. The van der Waals surface area contributed by atoms with E-state index in [-0.39, 0.29) is 5.91 Å². The summed E-state index contributed by atoms with van der Waals surface area (Å²) in [6, 6.07) is 12.9. The zero-order valence-electron chi connectivity index (χ0n) is 9.91. The maximum atomic E-state index is 12.1. The number of halogens is 1. The zero-order valence-corrected chi connectivity index (χ0v) is 12.1. The Hall–Kier alpha value is -1.56. The van der Waals surface area contributed by atoms with Gasteiger partial charge in [0.2, 0.25) is 0 Å². The summed E-state index contributed by atoms with van der Waals surface area (Å²) in [6.07, 6.45) is 0. The summed E-state index contributed by atoms with van der Waals surface area (Å²) in [4.78, 5) is 12.1. The van der Waals surface area contributed by atoms with E-state index >= 15 is 0 Å². The van der Waals surface area contributed by atoms with Crippen LogP contribution in [0.2, 0.25) is 0 Å². The van der Waals surface area contributed by atoms with E-state index in [1.165, 1.54) is 0 Å². The first-order valence-corrected chi connectivity index (χ1v) is 6.58. The van der Waals surface area contributed by atoms with E-state index < -0.39 is 0 Å². The van der Waals surface area contributed by atoms with Crippen LogP contribution >= 0.6 is 22.6 Å². The minimum absolute atomic E-state index is 0.183. The Morgan fingerprint density at radius 3 is 2.61 bits per heavy atom. The van der Waals surface area contributed by atoms with Crippen molar-refractivity contribution in [2.24, 2.45) is 0 Å².